The summed E-state index contributed by atoms with van der Waals surface area (Å²) in [4.78, 5) is 13.4. The van der Waals surface area contributed by atoms with Crippen LogP contribution in [-0.4, -0.2) is 23.9 Å². The zero-order valence-electron chi connectivity index (χ0n) is 11.1. The van der Waals surface area contributed by atoms with Gasteiger partial charge in [0.1, 0.15) is 0 Å². The molecule has 1 heterocycles. The molecule has 0 spiro atoms. The molecule has 1 fully saturated rings. The van der Waals surface area contributed by atoms with Crippen molar-refractivity contribution in [1.29, 1.82) is 0 Å². The van der Waals surface area contributed by atoms with Gasteiger partial charge in [-0.2, -0.15) is 10.2 Å². The van der Waals surface area contributed by atoms with Gasteiger partial charge in [0, 0.05) is 18.2 Å². The first kappa shape index (κ1) is 12.1. The van der Waals surface area contributed by atoms with Crippen molar-refractivity contribution >= 4 is 23.0 Å². The van der Waals surface area contributed by atoms with Crippen molar-refractivity contribution in [3.63, 3.8) is 0 Å². The van der Waals surface area contributed by atoms with Gasteiger partial charge in [-0.25, -0.2) is 0 Å². The van der Waals surface area contributed by atoms with Crippen molar-refractivity contribution < 1.29 is 4.79 Å². The van der Waals surface area contributed by atoms with Crippen molar-refractivity contribution in [3.8, 4) is 0 Å². The van der Waals surface area contributed by atoms with Gasteiger partial charge < -0.3 is 4.90 Å². The Bertz CT molecular complexity index is 567. The number of nitrogens with zero attached hydrogens (tertiary/aromatic N) is 3. The molecule has 19 heavy (non-hydrogen) atoms. The molecule has 98 valence electrons. The van der Waals surface area contributed by atoms with Gasteiger partial charge in [0.2, 0.25) is 5.91 Å². The molecular formula is C15H17N3O. The van der Waals surface area contributed by atoms with E-state index in [1.807, 2.05) is 24.3 Å². The minimum Gasteiger partial charge on any atom is -0.306 e. The Morgan fingerprint density at radius 3 is 2.63 bits per heavy atom. The summed E-state index contributed by atoms with van der Waals surface area (Å²) in [5.41, 5.74) is 4.05. The molecule has 4 nitrogen and oxygen atoms in total. The van der Waals surface area contributed by atoms with Gasteiger partial charge in [-0.15, -0.1) is 0 Å². The first-order valence-corrected chi connectivity index (χ1v) is 6.75. The fourth-order valence-corrected chi connectivity index (χ4v) is 2.65. The van der Waals surface area contributed by atoms with Crippen molar-refractivity contribution in [1.82, 2.24) is 0 Å². The molecule has 1 aliphatic heterocycles. The molecule has 0 aromatic heterocycles. The Balaban J connectivity index is 1.94. The Hall–Kier alpha value is -1.97. The summed E-state index contributed by atoms with van der Waals surface area (Å²) in [6.07, 6.45) is 4.57. The van der Waals surface area contributed by atoms with E-state index in [1.165, 1.54) is 18.6 Å². The second-order valence-electron chi connectivity index (χ2n) is 5.04. The third kappa shape index (κ3) is 2.30. The Kier molecular flexibility index (Phi) is 3.15. The van der Waals surface area contributed by atoms with Crippen LogP contribution in [0.1, 0.15) is 38.2 Å². The number of para-hydroxylation sites is 1. The number of rotatable bonds is 1. The van der Waals surface area contributed by atoms with Crippen LogP contribution >= 0.6 is 0 Å². The molecule has 4 heteroatoms. The number of benzene rings is 1. The average molecular weight is 255 g/mol. The van der Waals surface area contributed by atoms with E-state index in [-0.39, 0.29) is 5.91 Å². The van der Waals surface area contributed by atoms with Crippen molar-refractivity contribution in [3.05, 3.63) is 29.8 Å². The van der Waals surface area contributed by atoms with Gasteiger partial charge in [0.25, 0.3) is 0 Å². The minimum absolute atomic E-state index is 0.0474. The molecule has 1 aromatic rings. The summed E-state index contributed by atoms with van der Waals surface area (Å²) in [6, 6.07) is 7.88. The highest BCUT2D eigenvalue weighted by atomic mass is 16.2. The lowest BCUT2D eigenvalue weighted by atomic mass is 10.1. The molecule has 0 N–H and O–H groups in total. The van der Waals surface area contributed by atoms with Crippen molar-refractivity contribution in [2.24, 2.45) is 10.2 Å². The van der Waals surface area contributed by atoms with Crippen molar-refractivity contribution in [2.75, 3.05) is 11.4 Å². The number of hydrogen-bond donors (Lipinski definition) is 0. The fourth-order valence-electron chi connectivity index (χ4n) is 2.65. The highest BCUT2D eigenvalue weighted by Gasteiger charge is 2.27. The summed E-state index contributed by atoms with van der Waals surface area (Å²) in [5.74, 6) is 0.0474. The highest BCUT2D eigenvalue weighted by Crippen LogP contribution is 2.28. The van der Waals surface area contributed by atoms with Gasteiger partial charge in [-0.1, -0.05) is 18.2 Å². The number of carbonyl (C=O) groups excluding carboxylic acids is 1. The first-order valence-electron chi connectivity index (χ1n) is 6.75. The zero-order valence-corrected chi connectivity index (χ0v) is 11.1. The van der Waals surface area contributed by atoms with Crippen molar-refractivity contribution in [2.45, 2.75) is 32.6 Å². The van der Waals surface area contributed by atoms with E-state index >= 15 is 0 Å². The van der Waals surface area contributed by atoms with Crippen LogP contribution in [0, 0.1) is 0 Å². The SMILES string of the molecule is CC(=O)N1C/C(=N\N=C2CCCC2)c2ccccc21. The maximum Gasteiger partial charge on any atom is 0.224 e. The van der Waals surface area contributed by atoms with Gasteiger partial charge in [0.15, 0.2) is 0 Å². The maximum absolute atomic E-state index is 11.6. The maximum atomic E-state index is 11.6. The zero-order chi connectivity index (χ0) is 13.2. The van der Waals surface area contributed by atoms with Crippen LogP contribution in [-0.2, 0) is 4.79 Å². The highest BCUT2D eigenvalue weighted by molar-refractivity contribution is 6.17. The van der Waals surface area contributed by atoms with E-state index in [0.717, 1.165) is 29.8 Å². The molecule has 0 saturated heterocycles. The molecule has 1 amide bonds. The van der Waals surface area contributed by atoms with E-state index in [9.17, 15) is 4.79 Å². The smallest absolute Gasteiger partial charge is 0.224 e. The van der Waals surface area contributed by atoms with Crippen LogP contribution in [0.3, 0.4) is 0 Å². The number of anilines is 1. The molecule has 0 radical (unpaired) electrons. The number of amides is 1. The fraction of sp³-hybridized carbons (Fsp3) is 0.400. The molecule has 1 aromatic carbocycles. The molecule has 2 aliphatic rings. The predicted octanol–water partition coefficient (Wildman–Crippen LogP) is 2.77. The van der Waals surface area contributed by atoms with Crippen LogP contribution in [0.25, 0.3) is 0 Å². The van der Waals surface area contributed by atoms with E-state index in [1.54, 1.807) is 11.8 Å². The van der Waals surface area contributed by atoms with Crippen LogP contribution in [0.5, 0.6) is 0 Å². The summed E-state index contributed by atoms with van der Waals surface area (Å²) in [5, 5.41) is 8.75. The van der Waals surface area contributed by atoms with Crippen LogP contribution in [0.2, 0.25) is 0 Å². The predicted molar refractivity (Wildman–Crippen MR) is 76.9 cm³/mol. The Morgan fingerprint density at radius 2 is 1.89 bits per heavy atom. The third-order valence-corrected chi connectivity index (χ3v) is 3.69. The Labute approximate surface area is 112 Å². The van der Waals surface area contributed by atoms with Crippen LogP contribution < -0.4 is 4.90 Å². The van der Waals surface area contributed by atoms with E-state index in [2.05, 4.69) is 10.2 Å². The van der Waals surface area contributed by atoms with Crippen LogP contribution in [0.4, 0.5) is 5.69 Å². The lowest BCUT2D eigenvalue weighted by Crippen LogP contribution is -2.27. The second-order valence-corrected chi connectivity index (χ2v) is 5.04. The topological polar surface area (TPSA) is 45.0 Å². The summed E-state index contributed by atoms with van der Waals surface area (Å²) in [6.45, 7) is 2.12. The summed E-state index contributed by atoms with van der Waals surface area (Å²) >= 11 is 0. The largest absolute Gasteiger partial charge is 0.306 e. The molecule has 0 unspecified atom stereocenters. The van der Waals surface area contributed by atoms with E-state index in [4.69, 9.17) is 0 Å². The quantitative estimate of drug-likeness (QED) is 0.712. The standard InChI is InChI=1S/C15H17N3O/c1-11(19)18-10-14(13-8-4-5-9-15(13)18)17-16-12-6-2-3-7-12/h4-5,8-9H,2-3,6-7,10H2,1H3/b17-14+. The molecule has 1 aliphatic carbocycles. The van der Waals surface area contributed by atoms with Gasteiger partial charge in [-0.3, -0.25) is 4.79 Å². The van der Waals surface area contributed by atoms with E-state index in [0.29, 0.717) is 6.54 Å². The van der Waals surface area contributed by atoms with Gasteiger partial charge in [-0.05, 0) is 31.7 Å². The average Bonchev–Trinajstić information content (AvgIpc) is 3.04. The normalized spacial score (nSPS) is 19.9. The van der Waals surface area contributed by atoms with Gasteiger partial charge in [0.05, 0.1) is 17.9 Å². The molecule has 0 atom stereocenters. The molecule has 1 saturated carbocycles. The van der Waals surface area contributed by atoms with Gasteiger partial charge >= 0.3 is 0 Å². The number of hydrogen-bond acceptors (Lipinski definition) is 3. The minimum atomic E-state index is 0.0474. The summed E-state index contributed by atoms with van der Waals surface area (Å²) in [7, 11) is 0. The third-order valence-electron chi connectivity index (χ3n) is 3.69. The first-order chi connectivity index (χ1) is 9.25. The number of fused-ring (bicyclic) bond motifs is 1. The van der Waals surface area contributed by atoms with E-state index < -0.39 is 0 Å². The van der Waals surface area contributed by atoms with Crippen LogP contribution in [0.15, 0.2) is 34.5 Å². The summed E-state index contributed by atoms with van der Waals surface area (Å²) < 4.78 is 0. The molecule has 3 rings (SSSR count). The monoisotopic (exact) mass is 255 g/mol. The Morgan fingerprint density at radius 1 is 1.16 bits per heavy atom. The second kappa shape index (κ2) is 4.96. The lowest BCUT2D eigenvalue weighted by molar-refractivity contribution is -0.116. The molecular weight excluding hydrogens is 238 g/mol. The lowest BCUT2D eigenvalue weighted by Gasteiger charge is -2.12. The number of carbonyl (C=O) groups is 1. The molecule has 0 bridgehead atoms.